The van der Waals surface area contributed by atoms with Gasteiger partial charge in [0.05, 0.1) is 6.20 Å². The van der Waals surface area contributed by atoms with Crippen LogP contribution in [-0.2, 0) is 23.1 Å². The van der Waals surface area contributed by atoms with E-state index < -0.39 is 10.0 Å². The van der Waals surface area contributed by atoms with Crippen LogP contribution in [0.5, 0.6) is 0 Å². The average molecular weight is 326 g/mol. The van der Waals surface area contributed by atoms with Crippen molar-refractivity contribution >= 4 is 21.4 Å². The first-order valence-electron chi connectivity index (χ1n) is 6.84. The molecule has 0 atom stereocenters. The van der Waals surface area contributed by atoms with Crippen molar-refractivity contribution in [1.82, 2.24) is 20.2 Å². The van der Waals surface area contributed by atoms with E-state index in [9.17, 15) is 8.42 Å². The van der Waals surface area contributed by atoms with E-state index in [-0.39, 0.29) is 6.54 Å². The SMILES string of the molecule is Cc1[nH]ncc1CNS(=O)(=O)c1cc(CNC2CC2)cs1. The molecule has 3 N–H and O–H groups in total. The summed E-state index contributed by atoms with van der Waals surface area (Å²) in [5, 5.41) is 11.9. The van der Waals surface area contributed by atoms with Crippen LogP contribution in [0.2, 0.25) is 0 Å². The van der Waals surface area contributed by atoms with Gasteiger partial charge in [0, 0.05) is 30.4 Å². The minimum absolute atomic E-state index is 0.248. The zero-order chi connectivity index (χ0) is 14.9. The summed E-state index contributed by atoms with van der Waals surface area (Å²) in [7, 11) is -3.46. The Labute approximate surface area is 128 Å². The third-order valence-corrected chi connectivity index (χ3v) is 6.34. The fraction of sp³-hybridized carbons (Fsp3) is 0.462. The monoisotopic (exact) mass is 326 g/mol. The van der Waals surface area contributed by atoms with Crippen molar-refractivity contribution in [3.8, 4) is 0 Å². The quantitative estimate of drug-likeness (QED) is 0.720. The molecule has 1 fully saturated rings. The number of H-pyrrole nitrogens is 1. The van der Waals surface area contributed by atoms with Gasteiger partial charge in [-0.15, -0.1) is 11.3 Å². The Morgan fingerprint density at radius 1 is 1.43 bits per heavy atom. The fourth-order valence-corrected chi connectivity index (χ4v) is 4.19. The maximum Gasteiger partial charge on any atom is 0.250 e. The van der Waals surface area contributed by atoms with Gasteiger partial charge in [-0.2, -0.15) is 5.10 Å². The third-order valence-electron chi connectivity index (χ3n) is 3.45. The van der Waals surface area contributed by atoms with E-state index in [1.807, 2.05) is 12.3 Å². The lowest BCUT2D eigenvalue weighted by Gasteiger charge is -2.03. The lowest BCUT2D eigenvalue weighted by molar-refractivity contribution is 0.583. The maximum absolute atomic E-state index is 12.3. The first-order valence-corrected chi connectivity index (χ1v) is 9.20. The summed E-state index contributed by atoms with van der Waals surface area (Å²) in [4.78, 5) is 0. The van der Waals surface area contributed by atoms with Gasteiger partial charge in [0.25, 0.3) is 0 Å². The van der Waals surface area contributed by atoms with Gasteiger partial charge in [0.2, 0.25) is 10.0 Å². The highest BCUT2D eigenvalue weighted by Crippen LogP contribution is 2.23. The number of sulfonamides is 1. The molecule has 2 aromatic heterocycles. The van der Waals surface area contributed by atoms with Crippen LogP contribution in [0.1, 0.15) is 29.7 Å². The van der Waals surface area contributed by atoms with Gasteiger partial charge in [0.1, 0.15) is 4.21 Å². The molecule has 0 saturated heterocycles. The Hall–Kier alpha value is -1.22. The normalized spacial score (nSPS) is 15.5. The molecule has 8 heteroatoms. The summed E-state index contributed by atoms with van der Waals surface area (Å²) in [5.74, 6) is 0. The molecular weight excluding hydrogens is 308 g/mol. The molecule has 0 aromatic carbocycles. The molecule has 0 bridgehead atoms. The topological polar surface area (TPSA) is 86.9 Å². The highest BCUT2D eigenvalue weighted by atomic mass is 32.2. The minimum atomic E-state index is -3.46. The molecule has 0 unspecified atom stereocenters. The third kappa shape index (κ3) is 3.70. The summed E-state index contributed by atoms with van der Waals surface area (Å²) < 4.78 is 27.5. The molecule has 0 amide bonds. The molecule has 0 radical (unpaired) electrons. The number of nitrogens with one attached hydrogen (secondary N) is 3. The van der Waals surface area contributed by atoms with Crippen LogP contribution in [0.15, 0.2) is 21.9 Å². The summed E-state index contributed by atoms with van der Waals surface area (Å²) in [6, 6.07) is 2.36. The second-order valence-corrected chi connectivity index (χ2v) is 8.18. The molecule has 6 nitrogen and oxygen atoms in total. The van der Waals surface area contributed by atoms with Crippen molar-refractivity contribution in [3.63, 3.8) is 0 Å². The van der Waals surface area contributed by atoms with E-state index in [4.69, 9.17) is 0 Å². The predicted octanol–water partition coefficient (Wildman–Crippen LogP) is 1.51. The Morgan fingerprint density at radius 2 is 2.24 bits per heavy atom. The Bertz CT molecular complexity index is 716. The minimum Gasteiger partial charge on any atom is -0.310 e. The molecule has 114 valence electrons. The van der Waals surface area contributed by atoms with Crippen molar-refractivity contribution in [3.05, 3.63) is 34.5 Å². The number of thiophene rings is 1. The molecule has 1 aliphatic rings. The fourth-order valence-electron chi connectivity index (χ4n) is 1.93. The van der Waals surface area contributed by atoms with Crippen molar-refractivity contribution in [2.45, 2.75) is 43.1 Å². The van der Waals surface area contributed by atoms with Gasteiger partial charge in [-0.05, 0) is 36.8 Å². The number of rotatable bonds is 7. The Kier molecular flexibility index (Phi) is 4.12. The molecule has 1 saturated carbocycles. The van der Waals surface area contributed by atoms with Crippen molar-refractivity contribution in [2.75, 3.05) is 0 Å². The van der Waals surface area contributed by atoms with E-state index in [1.54, 1.807) is 12.3 Å². The molecule has 21 heavy (non-hydrogen) atoms. The van der Waals surface area contributed by atoms with Gasteiger partial charge < -0.3 is 5.32 Å². The van der Waals surface area contributed by atoms with Crippen molar-refractivity contribution < 1.29 is 8.42 Å². The average Bonchev–Trinajstić information content (AvgIpc) is 2.98. The molecule has 0 aliphatic heterocycles. The molecular formula is C13H18N4O2S2. The largest absolute Gasteiger partial charge is 0.310 e. The van der Waals surface area contributed by atoms with Gasteiger partial charge in [-0.1, -0.05) is 0 Å². The lowest BCUT2D eigenvalue weighted by Crippen LogP contribution is -2.22. The highest BCUT2D eigenvalue weighted by molar-refractivity contribution is 7.91. The molecule has 1 aliphatic carbocycles. The number of hydrogen-bond donors (Lipinski definition) is 3. The van der Waals surface area contributed by atoms with Crippen molar-refractivity contribution in [1.29, 1.82) is 0 Å². The van der Waals surface area contributed by atoms with Crippen molar-refractivity contribution in [2.24, 2.45) is 0 Å². The first kappa shape index (κ1) is 14.7. The van der Waals surface area contributed by atoms with E-state index in [2.05, 4.69) is 20.2 Å². The van der Waals surface area contributed by atoms with Crippen LogP contribution in [0.3, 0.4) is 0 Å². The second-order valence-electron chi connectivity index (χ2n) is 5.27. The summed E-state index contributed by atoms with van der Waals surface area (Å²) >= 11 is 1.26. The number of hydrogen-bond acceptors (Lipinski definition) is 5. The van der Waals surface area contributed by atoms with Crippen LogP contribution >= 0.6 is 11.3 Å². The number of nitrogens with zero attached hydrogens (tertiary/aromatic N) is 1. The number of aryl methyl sites for hydroxylation is 1. The summed E-state index contributed by atoms with van der Waals surface area (Å²) in [6.07, 6.45) is 4.08. The molecule has 2 heterocycles. The smallest absolute Gasteiger partial charge is 0.250 e. The standard InChI is InChI=1S/C13H18N4O2S2/c1-9-11(6-15-17-9)7-16-21(18,19)13-4-10(8-20-13)5-14-12-2-3-12/h4,6,8,12,14,16H,2-3,5,7H2,1H3,(H,15,17). The lowest BCUT2D eigenvalue weighted by atomic mass is 10.3. The molecule has 3 rings (SSSR count). The van der Waals surface area contributed by atoms with Gasteiger partial charge >= 0.3 is 0 Å². The number of aromatic amines is 1. The molecule has 0 spiro atoms. The second kappa shape index (κ2) is 5.88. The van der Waals surface area contributed by atoms with E-state index in [1.165, 1.54) is 24.2 Å². The Morgan fingerprint density at radius 3 is 2.90 bits per heavy atom. The first-order chi connectivity index (χ1) is 10.0. The number of aromatic nitrogens is 2. The van der Waals surface area contributed by atoms with Gasteiger partial charge in [-0.3, -0.25) is 5.10 Å². The van der Waals surface area contributed by atoms with Crippen LogP contribution in [-0.4, -0.2) is 24.7 Å². The zero-order valence-electron chi connectivity index (χ0n) is 11.7. The summed E-state index contributed by atoms with van der Waals surface area (Å²) in [5.41, 5.74) is 2.75. The van der Waals surface area contributed by atoms with Gasteiger partial charge in [-0.25, -0.2) is 13.1 Å². The molecule has 2 aromatic rings. The van der Waals surface area contributed by atoms with Crippen LogP contribution in [0.4, 0.5) is 0 Å². The highest BCUT2D eigenvalue weighted by Gasteiger charge is 2.21. The zero-order valence-corrected chi connectivity index (χ0v) is 13.4. The predicted molar refractivity (Wildman–Crippen MR) is 81.5 cm³/mol. The van der Waals surface area contributed by atoms with E-state index >= 15 is 0 Å². The van der Waals surface area contributed by atoms with E-state index in [0.29, 0.717) is 10.3 Å². The maximum atomic E-state index is 12.3. The van der Waals surface area contributed by atoms with Crippen LogP contribution < -0.4 is 10.0 Å². The van der Waals surface area contributed by atoms with Gasteiger partial charge in [0.15, 0.2) is 0 Å². The Balaban J connectivity index is 1.62. The van der Waals surface area contributed by atoms with Crippen LogP contribution in [0.25, 0.3) is 0 Å². The van der Waals surface area contributed by atoms with Crippen LogP contribution in [0, 0.1) is 6.92 Å². The van der Waals surface area contributed by atoms with E-state index in [0.717, 1.165) is 23.4 Å². The summed E-state index contributed by atoms with van der Waals surface area (Å²) in [6.45, 7) is 2.85.